The van der Waals surface area contributed by atoms with Crippen LogP contribution in [-0.4, -0.2) is 0 Å². The van der Waals surface area contributed by atoms with Gasteiger partial charge in [0.1, 0.15) is 5.75 Å². The Hall–Kier alpha value is -4.08. The van der Waals surface area contributed by atoms with Crippen molar-refractivity contribution in [2.75, 3.05) is 0 Å². The Bertz CT molecular complexity index is 1130. The number of hydrogen-bond donors (Lipinski definition) is 0. The summed E-state index contributed by atoms with van der Waals surface area (Å²) in [5.41, 5.74) is 6.09. The third-order valence-corrected chi connectivity index (χ3v) is 4.38. The van der Waals surface area contributed by atoms with E-state index in [1.54, 1.807) is 30.5 Å². The second kappa shape index (κ2) is 8.54. The Morgan fingerprint density at radius 3 is 2.36 bits per heavy atom. The maximum absolute atomic E-state index is 9.09. The molecule has 3 nitrogen and oxygen atoms in total. The van der Waals surface area contributed by atoms with Crippen LogP contribution in [-0.2, 0) is 0 Å². The van der Waals surface area contributed by atoms with Gasteiger partial charge in [-0.1, -0.05) is 36.9 Å². The summed E-state index contributed by atoms with van der Waals surface area (Å²) in [6.45, 7) is 6.14. The van der Waals surface area contributed by atoms with Crippen molar-refractivity contribution in [3.8, 4) is 17.9 Å². The highest BCUT2D eigenvalue weighted by Gasteiger charge is 2.05. The lowest BCUT2D eigenvalue weighted by Gasteiger charge is -2.09. The van der Waals surface area contributed by atoms with Gasteiger partial charge in [-0.3, -0.25) is 0 Å². The number of nitriles is 2. The van der Waals surface area contributed by atoms with E-state index in [1.165, 1.54) is 0 Å². The largest absolute Gasteiger partial charge is 0.465 e. The standard InChI is InChI=1S/C25H18N2O/c1-18-14-23(8-9-24(18)17-27)19(2)22-5-3-4-20(15-22)12-13-28-25-10-6-21(16-26)7-11-25/h3-15H,2H2,1H3/b13-12+. The van der Waals surface area contributed by atoms with Crippen LogP contribution in [0.15, 0.2) is 79.6 Å². The van der Waals surface area contributed by atoms with Crippen LogP contribution in [0.4, 0.5) is 0 Å². The fourth-order valence-electron chi connectivity index (χ4n) is 2.77. The first-order valence-electron chi connectivity index (χ1n) is 8.74. The molecule has 0 unspecified atom stereocenters. The molecule has 0 aliphatic carbocycles. The second-order valence-corrected chi connectivity index (χ2v) is 6.30. The molecule has 3 aromatic carbocycles. The lowest BCUT2D eigenvalue weighted by atomic mass is 9.95. The zero-order valence-electron chi connectivity index (χ0n) is 15.5. The molecule has 0 aromatic heterocycles. The molecule has 0 spiro atoms. The van der Waals surface area contributed by atoms with E-state index in [4.69, 9.17) is 15.3 Å². The number of aryl methyl sites for hydroxylation is 1. The molecule has 0 N–H and O–H groups in total. The molecule has 0 saturated carbocycles. The van der Waals surface area contributed by atoms with Gasteiger partial charge in [0.15, 0.2) is 0 Å². The maximum atomic E-state index is 9.09. The zero-order chi connectivity index (χ0) is 19.9. The van der Waals surface area contributed by atoms with Crippen molar-refractivity contribution in [1.29, 1.82) is 10.5 Å². The van der Waals surface area contributed by atoms with E-state index in [1.807, 2.05) is 55.5 Å². The number of benzene rings is 3. The van der Waals surface area contributed by atoms with Crippen LogP contribution in [0.3, 0.4) is 0 Å². The molecule has 0 radical (unpaired) electrons. The van der Waals surface area contributed by atoms with Crippen molar-refractivity contribution in [2.24, 2.45) is 0 Å². The van der Waals surface area contributed by atoms with E-state index in [9.17, 15) is 0 Å². The van der Waals surface area contributed by atoms with Crippen LogP contribution in [0.5, 0.6) is 5.75 Å². The summed E-state index contributed by atoms with van der Waals surface area (Å²) in [5.74, 6) is 0.670. The minimum atomic E-state index is 0.598. The lowest BCUT2D eigenvalue weighted by Crippen LogP contribution is -1.90. The summed E-state index contributed by atoms with van der Waals surface area (Å²) in [4.78, 5) is 0. The summed E-state index contributed by atoms with van der Waals surface area (Å²) in [6, 6.07) is 24.9. The van der Waals surface area contributed by atoms with Gasteiger partial charge >= 0.3 is 0 Å². The highest BCUT2D eigenvalue weighted by molar-refractivity contribution is 5.79. The van der Waals surface area contributed by atoms with Crippen LogP contribution in [0, 0.1) is 29.6 Å². The summed E-state index contributed by atoms with van der Waals surface area (Å²) >= 11 is 0. The first-order chi connectivity index (χ1) is 13.6. The Labute approximate surface area is 165 Å². The smallest absolute Gasteiger partial charge is 0.126 e. The Balaban J connectivity index is 1.74. The third-order valence-electron chi connectivity index (χ3n) is 4.38. The van der Waals surface area contributed by atoms with Crippen molar-refractivity contribution in [1.82, 2.24) is 0 Å². The molecule has 3 rings (SSSR count). The van der Waals surface area contributed by atoms with Gasteiger partial charge in [-0.05, 0) is 77.2 Å². The molecule has 0 aliphatic rings. The van der Waals surface area contributed by atoms with E-state index in [2.05, 4.69) is 18.7 Å². The molecule has 0 bridgehead atoms. The van der Waals surface area contributed by atoms with Gasteiger partial charge < -0.3 is 4.74 Å². The molecule has 0 saturated heterocycles. The van der Waals surface area contributed by atoms with Crippen LogP contribution >= 0.6 is 0 Å². The van der Waals surface area contributed by atoms with Crippen LogP contribution in [0.2, 0.25) is 0 Å². The Kier molecular flexibility index (Phi) is 5.70. The summed E-state index contributed by atoms with van der Waals surface area (Å²) in [5, 5.41) is 17.9. The quantitative estimate of drug-likeness (QED) is 0.535. The maximum Gasteiger partial charge on any atom is 0.126 e. The molecule has 3 aromatic rings. The van der Waals surface area contributed by atoms with Crippen molar-refractivity contribution < 1.29 is 4.74 Å². The Morgan fingerprint density at radius 2 is 1.68 bits per heavy atom. The molecule has 134 valence electrons. The number of rotatable bonds is 5. The monoisotopic (exact) mass is 362 g/mol. The lowest BCUT2D eigenvalue weighted by molar-refractivity contribution is 0.485. The van der Waals surface area contributed by atoms with E-state index < -0.39 is 0 Å². The normalized spacial score (nSPS) is 10.2. The third kappa shape index (κ3) is 4.36. The van der Waals surface area contributed by atoms with E-state index >= 15 is 0 Å². The van der Waals surface area contributed by atoms with Gasteiger partial charge in [0.25, 0.3) is 0 Å². The molecular formula is C25H18N2O. The topological polar surface area (TPSA) is 56.8 Å². The SMILES string of the molecule is C=C(c1cccc(/C=C/Oc2ccc(C#N)cc2)c1)c1ccc(C#N)c(C)c1. The fraction of sp³-hybridized carbons (Fsp3) is 0.0400. The molecule has 0 fully saturated rings. The van der Waals surface area contributed by atoms with Gasteiger partial charge in [-0.25, -0.2) is 0 Å². The Morgan fingerprint density at radius 1 is 0.929 bits per heavy atom. The van der Waals surface area contributed by atoms with E-state index in [0.29, 0.717) is 16.9 Å². The van der Waals surface area contributed by atoms with Crippen molar-refractivity contribution in [3.63, 3.8) is 0 Å². The molecule has 0 amide bonds. The molecule has 0 atom stereocenters. The number of hydrogen-bond acceptors (Lipinski definition) is 3. The number of nitrogens with zero attached hydrogens (tertiary/aromatic N) is 2. The first-order valence-corrected chi connectivity index (χ1v) is 8.74. The highest BCUT2D eigenvalue weighted by atomic mass is 16.5. The van der Waals surface area contributed by atoms with Gasteiger partial charge in [-0.15, -0.1) is 0 Å². The van der Waals surface area contributed by atoms with Gasteiger partial charge in [0.2, 0.25) is 0 Å². The average molecular weight is 362 g/mol. The minimum absolute atomic E-state index is 0.598. The van der Waals surface area contributed by atoms with Crippen molar-refractivity contribution in [3.05, 3.63) is 113 Å². The van der Waals surface area contributed by atoms with E-state index in [-0.39, 0.29) is 0 Å². The molecule has 28 heavy (non-hydrogen) atoms. The molecule has 3 heteroatoms. The van der Waals surface area contributed by atoms with Gasteiger partial charge in [0.05, 0.1) is 29.5 Å². The van der Waals surface area contributed by atoms with Crippen LogP contribution in [0.1, 0.15) is 33.4 Å². The van der Waals surface area contributed by atoms with Crippen molar-refractivity contribution >= 4 is 11.6 Å². The molecule has 0 aliphatic heterocycles. The van der Waals surface area contributed by atoms with Crippen LogP contribution in [0.25, 0.3) is 11.6 Å². The predicted octanol–water partition coefficient (Wildman–Crippen LogP) is 5.85. The molecular weight excluding hydrogens is 344 g/mol. The predicted molar refractivity (Wildman–Crippen MR) is 111 cm³/mol. The second-order valence-electron chi connectivity index (χ2n) is 6.30. The fourth-order valence-corrected chi connectivity index (χ4v) is 2.77. The minimum Gasteiger partial charge on any atom is -0.465 e. The van der Waals surface area contributed by atoms with Crippen LogP contribution < -0.4 is 4.74 Å². The van der Waals surface area contributed by atoms with E-state index in [0.717, 1.165) is 27.8 Å². The highest BCUT2D eigenvalue weighted by Crippen LogP contribution is 2.24. The zero-order valence-corrected chi connectivity index (χ0v) is 15.5. The number of ether oxygens (including phenoxy) is 1. The molecule has 0 heterocycles. The summed E-state index contributed by atoms with van der Waals surface area (Å²) in [7, 11) is 0. The van der Waals surface area contributed by atoms with Crippen molar-refractivity contribution in [2.45, 2.75) is 6.92 Å². The van der Waals surface area contributed by atoms with Gasteiger partial charge in [-0.2, -0.15) is 10.5 Å². The van der Waals surface area contributed by atoms with Gasteiger partial charge in [0, 0.05) is 0 Å². The average Bonchev–Trinajstić information content (AvgIpc) is 2.74. The summed E-state index contributed by atoms with van der Waals surface area (Å²) in [6.07, 6.45) is 3.49. The first kappa shape index (κ1) is 18.7. The summed E-state index contributed by atoms with van der Waals surface area (Å²) < 4.78 is 5.59.